The maximum absolute atomic E-state index is 12.3. The number of aryl methyl sites for hydroxylation is 2. The quantitative estimate of drug-likeness (QED) is 0.829. The van der Waals surface area contributed by atoms with Crippen LogP contribution in [0.4, 0.5) is 0 Å². The third-order valence-electron chi connectivity index (χ3n) is 4.71. The SMILES string of the molecule is Cn1cccc1CCC(=O)NC[C@@H](c1cccnc1)N1CCOCC1. The van der Waals surface area contributed by atoms with Gasteiger partial charge in [-0.2, -0.15) is 0 Å². The van der Waals surface area contributed by atoms with E-state index in [1.165, 1.54) is 5.69 Å². The highest BCUT2D eigenvalue weighted by Crippen LogP contribution is 2.20. The van der Waals surface area contributed by atoms with Crippen molar-refractivity contribution in [3.05, 3.63) is 54.1 Å². The number of amides is 1. The van der Waals surface area contributed by atoms with Gasteiger partial charge in [0.15, 0.2) is 0 Å². The van der Waals surface area contributed by atoms with E-state index < -0.39 is 0 Å². The second kappa shape index (κ2) is 8.78. The summed E-state index contributed by atoms with van der Waals surface area (Å²) >= 11 is 0. The summed E-state index contributed by atoms with van der Waals surface area (Å²) < 4.78 is 7.51. The topological polar surface area (TPSA) is 59.4 Å². The lowest BCUT2D eigenvalue weighted by molar-refractivity contribution is -0.121. The van der Waals surface area contributed by atoms with Crippen molar-refractivity contribution in [3.63, 3.8) is 0 Å². The van der Waals surface area contributed by atoms with Gasteiger partial charge < -0.3 is 14.6 Å². The number of carbonyl (C=O) groups is 1. The number of aromatic nitrogens is 2. The van der Waals surface area contributed by atoms with Crippen LogP contribution < -0.4 is 5.32 Å². The molecule has 0 spiro atoms. The molecule has 1 fully saturated rings. The molecule has 2 aromatic rings. The minimum atomic E-state index is 0.0864. The van der Waals surface area contributed by atoms with Gasteiger partial charge in [0, 0.05) is 57.4 Å². The molecule has 0 saturated carbocycles. The van der Waals surface area contributed by atoms with Gasteiger partial charge in [0.25, 0.3) is 0 Å². The molecule has 3 heterocycles. The molecule has 1 N–H and O–H groups in total. The van der Waals surface area contributed by atoms with Crippen molar-refractivity contribution in [2.45, 2.75) is 18.9 Å². The Balaban J connectivity index is 1.56. The fourth-order valence-electron chi connectivity index (χ4n) is 3.22. The minimum absolute atomic E-state index is 0.0864. The number of morpholine rings is 1. The number of hydrogen-bond donors (Lipinski definition) is 1. The van der Waals surface area contributed by atoms with Crippen molar-refractivity contribution >= 4 is 5.91 Å². The first-order valence-electron chi connectivity index (χ1n) is 8.82. The zero-order valence-corrected chi connectivity index (χ0v) is 14.7. The van der Waals surface area contributed by atoms with E-state index in [9.17, 15) is 4.79 Å². The Morgan fingerprint density at radius 1 is 1.32 bits per heavy atom. The van der Waals surface area contributed by atoms with Gasteiger partial charge in [-0.3, -0.25) is 14.7 Å². The Bertz CT molecular complexity index is 665. The molecule has 6 nitrogen and oxygen atoms in total. The monoisotopic (exact) mass is 342 g/mol. The molecule has 1 aliphatic rings. The number of rotatable bonds is 7. The molecule has 0 unspecified atom stereocenters. The van der Waals surface area contributed by atoms with Gasteiger partial charge in [0.2, 0.25) is 5.91 Å². The van der Waals surface area contributed by atoms with Crippen molar-refractivity contribution in [2.24, 2.45) is 7.05 Å². The molecule has 3 rings (SSSR count). The lowest BCUT2D eigenvalue weighted by Crippen LogP contribution is -2.43. The van der Waals surface area contributed by atoms with E-state index >= 15 is 0 Å². The zero-order valence-electron chi connectivity index (χ0n) is 14.7. The van der Waals surface area contributed by atoms with Crippen LogP contribution in [-0.4, -0.2) is 53.2 Å². The van der Waals surface area contributed by atoms with Crippen LogP contribution in [-0.2, 0) is 23.0 Å². The third-order valence-corrected chi connectivity index (χ3v) is 4.71. The molecule has 0 aromatic carbocycles. The normalized spacial score (nSPS) is 16.5. The molecule has 25 heavy (non-hydrogen) atoms. The summed E-state index contributed by atoms with van der Waals surface area (Å²) in [5.41, 5.74) is 2.30. The molecule has 1 saturated heterocycles. The second-order valence-electron chi connectivity index (χ2n) is 6.37. The Hall–Kier alpha value is -2.18. The lowest BCUT2D eigenvalue weighted by atomic mass is 10.1. The van der Waals surface area contributed by atoms with Gasteiger partial charge >= 0.3 is 0 Å². The first-order chi connectivity index (χ1) is 12.2. The average molecular weight is 342 g/mol. The van der Waals surface area contributed by atoms with E-state index in [1.54, 1.807) is 6.20 Å². The highest BCUT2D eigenvalue weighted by molar-refractivity contribution is 5.76. The fourth-order valence-corrected chi connectivity index (χ4v) is 3.22. The average Bonchev–Trinajstić information content (AvgIpc) is 3.07. The van der Waals surface area contributed by atoms with Gasteiger partial charge in [-0.05, 0) is 30.2 Å². The van der Waals surface area contributed by atoms with Gasteiger partial charge in [-0.1, -0.05) is 6.07 Å². The summed E-state index contributed by atoms with van der Waals surface area (Å²) in [7, 11) is 2.00. The van der Waals surface area contributed by atoms with Gasteiger partial charge in [-0.15, -0.1) is 0 Å². The van der Waals surface area contributed by atoms with Crippen LogP contribution in [0.3, 0.4) is 0 Å². The van der Waals surface area contributed by atoms with Crippen molar-refractivity contribution in [1.82, 2.24) is 19.8 Å². The lowest BCUT2D eigenvalue weighted by Gasteiger charge is -2.34. The molecular formula is C19H26N4O2. The van der Waals surface area contributed by atoms with E-state index in [-0.39, 0.29) is 11.9 Å². The maximum Gasteiger partial charge on any atom is 0.220 e. The Morgan fingerprint density at radius 3 is 2.84 bits per heavy atom. The van der Waals surface area contributed by atoms with Gasteiger partial charge in [0.1, 0.15) is 0 Å². The number of hydrogen-bond acceptors (Lipinski definition) is 4. The summed E-state index contributed by atoms with van der Waals surface area (Å²) in [5.74, 6) is 0.0864. The summed E-state index contributed by atoms with van der Waals surface area (Å²) in [6.07, 6.45) is 6.92. The molecule has 1 amide bonds. The first-order valence-corrected chi connectivity index (χ1v) is 8.82. The van der Waals surface area contributed by atoms with E-state index in [0.717, 1.165) is 38.3 Å². The maximum atomic E-state index is 12.3. The predicted octanol–water partition coefficient (Wildman–Crippen LogP) is 1.54. The van der Waals surface area contributed by atoms with Crippen LogP contribution in [0.2, 0.25) is 0 Å². The van der Waals surface area contributed by atoms with Crippen LogP contribution in [0.1, 0.15) is 23.7 Å². The van der Waals surface area contributed by atoms with E-state index in [2.05, 4.69) is 31.9 Å². The highest BCUT2D eigenvalue weighted by Gasteiger charge is 2.23. The van der Waals surface area contributed by atoms with Crippen molar-refractivity contribution < 1.29 is 9.53 Å². The van der Waals surface area contributed by atoms with Crippen LogP contribution >= 0.6 is 0 Å². The Labute approximate surface area is 148 Å². The largest absolute Gasteiger partial charge is 0.379 e. The zero-order chi connectivity index (χ0) is 17.5. The van der Waals surface area contributed by atoms with Crippen LogP contribution in [0.25, 0.3) is 0 Å². The van der Waals surface area contributed by atoms with Crippen LogP contribution in [0.15, 0.2) is 42.9 Å². The molecule has 2 aromatic heterocycles. The second-order valence-corrected chi connectivity index (χ2v) is 6.37. The summed E-state index contributed by atoms with van der Waals surface area (Å²) in [4.78, 5) is 18.9. The molecule has 6 heteroatoms. The highest BCUT2D eigenvalue weighted by atomic mass is 16.5. The molecule has 0 bridgehead atoms. The van der Waals surface area contributed by atoms with Gasteiger partial charge in [-0.25, -0.2) is 0 Å². The molecule has 1 atom stereocenters. The Morgan fingerprint density at radius 2 is 2.16 bits per heavy atom. The van der Waals surface area contributed by atoms with Crippen molar-refractivity contribution in [1.29, 1.82) is 0 Å². The molecule has 0 radical (unpaired) electrons. The van der Waals surface area contributed by atoms with E-state index in [1.807, 2.05) is 31.6 Å². The molecule has 1 aliphatic heterocycles. The summed E-state index contributed by atoms with van der Waals surface area (Å²) in [5, 5.41) is 3.10. The number of carbonyl (C=O) groups excluding carboxylic acids is 1. The van der Waals surface area contributed by atoms with Crippen molar-refractivity contribution in [3.8, 4) is 0 Å². The standard InChI is InChI=1S/C19H26N4O2/c1-22-9-3-5-17(22)6-7-19(24)21-15-18(16-4-2-8-20-14-16)23-10-12-25-13-11-23/h2-5,8-9,14,18H,6-7,10-13,15H2,1H3,(H,21,24)/t18-/m0/s1. The molecule has 134 valence electrons. The number of pyridine rings is 1. The summed E-state index contributed by atoms with van der Waals surface area (Å²) in [6, 6.07) is 8.21. The van der Waals surface area contributed by atoms with Crippen LogP contribution in [0, 0.1) is 0 Å². The Kier molecular flexibility index (Phi) is 6.19. The van der Waals surface area contributed by atoms with E-state index in [0.29, 0.717) is 13.0 Å². The number of nitrogens with zero attached hydrogens (tertiary/aromatic N) is 3. The minimum Gasteiger partial charge on any atom is -0.379 e. The third kappa shape index (κ3) is 4.90. The fraction of sp³-hybridized carbons (Fsp3) is 0.474. The van der Waals surface area contributed by atoms with Gasteiger partial charge in [0.05, 0.1) is 19.3 Å². The number of ether oxygens (including phenoxy) is 1. The molecular weight excluding hydrogens is 316 g/mol. The predicted molar refractivity (Wildman–Crippen MR) is 96.1 cm³/mol. The van der Waals surface area contributed by atoms with Crippen LogP contribution in [0.5, 0.6) is 0 Å². The first kappa shape index (κ1) is 17.6. The number of nitrogens with one attached hydrogen (secondary N) is 1. The van der Waals surface area contributed by atoms with E-state index in [4.69, 9.17) is 4.74 Å². The van der Waals surface area contributed by atoms with Crippen molar-refractivity contribution in [2.75, 3.05) is 32.8 Å². The summed E-state index contributed by atoms with van der Waals surface area (Å²) in [6.45, 7) is 3.81. The smallest absolute Gasteiger partial charge is 0.220 e. The molecule has 0 aliphatic carbocycles.